The fourth-order valence-corrected chi connectivity index (χ4v) is 3.34. The summed E-state index contributed by atoms with van der Waals surface area (Å²) >= 11 is 0. The number of para-hydroxylation sites is 1. The van der Waals surface area contributed by atoms with Crippen LogP contribution < -0.4 is 10.2 Å². The smallest absolute Gasteiger partial charge is 0.236 e. The van der Waals surface area contributed by atoms with E-state index in [1.165, 1.54) is 0 Å². The summed E-state index contributed by atoms with van der Waals surface area (Å²) in [7, 11) is 1.70. The van der Waals surface area contributed by atoms with Gasteiger partial charge in [0.05, 0.1) is 17.9 Å². The van der Waals surface area contributed by atoms with Gasteiger partial charge in [-0.1, -0.05) is 18.2 Å². The number of carbonyl (C=O) groups is 1. The van der Waals surface area contributed by atoms with E-state index < -0.39 is 0 Å². The number of hydrogen-bond donors (Lipinski definition) is 1. The lowest BCUT2D eigenvalue weighted by atomic mass is 9.73. The maximum atomic E-state index is 12.3. The number of rotatable bonds is 5. The molecule has 1 amide bonds. The molecule has 3 heterocycles. The second-order valence-corrected chi connectivity index (χ2v) is 7.55. The third kappa shape index (κ3) is 3.50. The molecular weight excluding hydrogens is 351 g/mol. The minimum absolute atomic E-state index is 0.0214. The van der Waals surface area contributed by atoms with E-state index in [-0.39, 0.29) is 17.4 Å². The van der Waals surface area contributed by atoms with E-state index in [2.05, 4.69) is 20.4 Å². The van der Waals surface area contributed by atoms with Gasteiger partial charge in [-0.3, -0.25) is 4.79 Å². The van der Waals surface area contributed by atoms with Crippen LogP contribution >= 0.6 is 0 Å². The van der Waals surface area contributed by atoms with Crippen LogP contribution in [0.5, 0.6) is 0 Å². The van der Waals surface area contributed by atoms with Crippen LogP contribution in [0.2, 0.25) is 6.32 Å². The molecule has 1 aliphatic heterocycles. The summed E-state index contributed by atoms with van der Waals surface area (Å²) in [6.07, 6.45) is 6.19. The molecular formula is C20H22BN6O. The summed E-state index contributed by atoms with van der Waals surface area (Å²) in [5, 5.41) is 7.74. The molecule has 1 aliphatic rings. The maximum absolute atomic E-state index is 12.3. The number of hydrogen-bond acceptors (Lipinski definition) is 5. The first-order valence-electron chi connectivity index (χ1n) is 9.31. The van der Waals surface area contributed by atoms with Crippen molar-refractivity contribution < 1.29 is 4.79 Å². The summed E-state index contributed by atoms with van der Waals surface area (Å²) in [5.74, 6) is 1.06. The molecule has 1 unspecified atom stereocenters. The lowest BCUT2D eigenvalue weighted by Crippen LogP contribution is -2.41. The molecule has 1 N–H and O–H groups in total. The average molecular weight is 373 g/mol. The van der Waals surface area contributed by atoms with Gasteiger partial charge in [-0.2, -0.15) is 10.1 Å². The minimum atomic E-state index is -0.287. The summed E-state index contributed by atoms with van der Waals surface area (Å²) in [4.78, 5) is 22.9. The molecule has 141 valence electrons. The highest BCUT2D eigenvalue weighted by Gasteiger charge is 2.40. The van der Waals surface area contributed by atoms with Crippen molar-refractivity contribution in [1.29, 1.82) is 0 Å². The monoisotopic (exact) mass is 373 g/mol. The Morgan fingerprint density at radius 3 is 2.71 bits per heavy atom. The minimum Gasteiger partial charge on any atom is -0.348 e. The average Bonchev–Trinajstić information content (AvgIpc) is 3.27. The first kappa shape index (κ1) is 18.2. The molecule has 0 bridgehead atoms. The number of carbonyl (C=O) groups excluding carboxylic acids is 1. The lowest BCUT2D eigenvalue weighted by Gasteiger charge is -2.31. The first-order valence-corrected chi connectivity index (χ1v) is 9.31. The number of anilines is 2. The summed E-state index contributed by atoms with van der Waals surface area (Å²) < 4.78 is 1.84. The number of nitrogens with zero attached hydrogens (tertiary/aromatic N) is 5. The third-order valence-electron chi connectivity index (χ3n) is 4.94. The van der Waals surface area contributed by atoms with E-state index in [4.69, 9.17) is 0 Å². The number of amides is 1. The SMILES string of the molecule is CC(Nc1nccc(N2C(=O)[B]CC2(C)C)n1)c1cnn(-c2ccccc2)c1. The molecule has 3 aromatic rings. The van der Waals surface area contributed by atoms with E-state index in [0.717, 1.165) is 11.3 Å². The van der Waals surface area contributed by atoms with Crippen molar-refractivity contribution in [2.24, 2.45) is 0 Å². The molecule has 1 aromatic carbocycles. The largest absolute Gasteiger partial charge is 0.348 e. The summed E-state index contributed by atoms with van der Waals surface area (Å²) in [6, 6.07) is 11.7. The second-order valence-electron chi connectivity index (χ2n) is 7.55. The zero-order chi connectivity index (χ0) is 19.7. The van der Waals surface area contributed by atoms with Crippen LogP contribution in [0.3, 0.4) is 0 Å². The van der Waals surface area contributed by atoms with Gasteiger partial charge < -0.3 is 10.2 Å². The van der Waals surface area contributed by atoms with Crippen molar-refractivity contribution in [3.8, 4) is 5.69 Å². The Balaban J connectivity index is 1.52. The van der Waals surface area contributed by atoms with Crippen LogP contribution in [0, 0.1) is 0 Å². The highest BCUT2D eigenvalue weighted by Crippen LogP contribution is 2.31. The molecule has 0 saturated carbocycles. The molecule has 1 saturated heterocycles. The van der Waals surface area contributed by atoms with E-state index >= 15 is 0 Å². The van der Waals surface area contributed by atoms with Gasteiger partial charge in [0.15, 0.2) is 5.81 Å². The zero-order valence-corrected chi connectivity index (χ0v) is 16.2. The molecule has 1 atom stereocenters. The molecule has 1 fully saturated rings. The molecule has 28 heavy (non-hydrogen) atoms. The Morgan fingerprint density at radius 2 is 2.00 bits per heavy atom. The van der Waals surface area contributed by atoms with Crippen LogP contribution in [0.15, 0.2) is 55.0 Å². The fourth-order valence-electron chi connectivity index (χ4n) is 3.34. The zero-order valence-electron chi connectivity index (χ0n) is 16.2. The highest BCUT2D eigenvalue weighted by atomic mass is 16.2. The highest BCUT2D eigenvalue weighted by molar-refractivity contribution is 6.78. The molecule has 1 radical (unpaired) electrons. The molecule has 0 aliphatic carbocycles. The van der Waals surface area contributed by atoms with Crippen LogP contribution in [0.25, 0.3) is 5.69 Å². The van der Waals surface area contributed by atoms with Crippen LogP contribution in [-0.2, 0) is 0 Å². The first-order chi connectivity index (χ1) is 13.4. The molecule has 2 aromatic heterocycles. The van der Waals surface area contributed by atoms with Gasteiger partial charge in [-0.25, -0.2) is 9.67 Å². The van der Waals surface area contributed by atoms with Gasteiger partial charge in [0, 0.05) is 23.5 Å². The fraction of sp³-hybridized carbons (Fsp3) is 0.300. The van der Waals surface area contributed by atoms with Crippen LogP contribution in [0.1, 0.15) is 32.4 Å². The normalized spacial score (nSPS) is 16.7. The Bertz CT molecular complexity index is 987. The second kappa shape index (κ2) is 7.11. The van der Waals surface area contributed by atoms with Crippen LogP contribution in [0.4, 0.5) is 16.6 Å². The predicted octanol–water partition coefficient (Wildman–Crippen LogP) is 3.68. The van der Waals surface area contributed by atoms with Crippen molar-refractivity contribution in [2.45, 2.75) is 38.7 Å². The van der Waals surface area contributed by atoms with Gasteiger partial charge in [-0.15, -0.1) is 0 Å². The third-order valence-corrected chi connectivity index (χ3v) is 4.94. The lowest BCUT2D eigenvalue weighted by molar-refractivity contribution is 0.261. The van der Waals surface area contributed by atoms with Crippen molar-refractivity contribution >= 4 is 24.9 Å². The van der Waals surface area contributed by atoms with Crippen molar-refractivity contribution in [1.82, 2.24) is 19.7 Å². The van der Waals surface area contributed by atoms with Gasteiger partial charge in [0.1, 0.15) is 5.82 Å². The van der Waals surface area contributed by atoms with Crippen molar-refractivity contribution in [3.05, 3.63) is 60.6 Å². The molecule has 0 spiro atoms. The van der Waals surface area contributed by atoms with Crippen molar-refractivity contribution in [2.75, 3.05) is 10.2 Å². The standard InChI is InChI=1S/C20H22BN6O/c1-14(15-11-23-26(12-15)16-7-5-4-6-8-16)24-19-22-10-9-17(25-19)27-18(28)21-13-20(27,2)3/h4-12,14H,13H2,1-3H3,(H,22,24,25). The summed E-state index contributed by atoms with van der Waals surface area (Å²) in [5.41, 5.74) is 1.74. The van der Waals surface area contributed by atoms with Gasteiger partial charge in [-0.05, 0) is 45.3 Å². The Kier molecular flexibility index (Phi) is 4.62. The van der Waals surface area contributed by atoms with Gasteiger partial charge in [0.2, 0.25) is 13.2 Å². The Labute approximate surface area is 165 Å². The van der Waals surface area contributed by atoms with E-state index in [9.17, 15) is 4.79 Å². The van der Waals surface area contributed by atoms with Gasteiger partial charge >= 0.3 is 0 Å². The molecule has 8 heteroatoms. The van der Waals surface area contributed by atoms with E-state index in [1.54, 1.807) is 24.4 Å². The van der Waals surface area contributed by atoms with E-state index in [0.29, 0.717) is 18.1 Å². The number of nitrogens with one attached hydrogen (secondary N) is 1. The summed E-state index contributed by atoms with van der Waals surface area (Å²) in [6.45, 7) is 6.09. The van der Waals surface area contributed by atoms with Crippen LogP contribution in [-0.4, -0.2) is 38.4 Å². The Hall–Kier alpha value is -3.16. The maximum Gasteiger partial charge on any atom is 0.236 e. The van der Waals surface area contributed by atoms with Crippen molar-refractivity contribution in [3.63, 3.8) is 0 Å². The number of aromatic nitrogens is 4. The topological polar surface area (TPSA) is 75.9 Å². The van der Waals surface area contributed by atoms with E-state index in [1.807, 2.05) is 68.2 Å². The van der Waals surface area contributed by atoms with Gasteiger partial charge in [0.25, 0.3) is 0 Å². The molecule has 7 nitrogen and oxygen atoms in total. The predicted molar refractivity (Wildman–Crippen MR) is 110 cm³/mol. The quantitative estimate of drug-likeness (QED) is 0.691. The Morgan fingerprint density at radius 1 is 1.21 bits per heavy atom. The number of benzene rings is 1. The molecule has 4 rings (SSSR count).